The second-order valence-electron chi connectivity index (χ2n) is 5.35. The fraction of sp³-hybridized carbons (Fsp3) is 0.118. The van der Waals surface area contributed by atoms with Crippen molar-refractivity contribution in [1.82, 2.24) is 10.2 Å². The number of aromatic nitrogens is 2. The van der Waals surface area contributed by atoms with Gasteiger partial charge >= 0.3 is 5.97 Å². The smallest absolute Gasteiger partial charge is 0.338 e. The maximum atomic E-state index is 12.6. The van der Waals surface area contributed by atoms with Gasteiger partial charge in [0, 0.05) is 5.56 Å². The molecule has 0 radical (unpaired) electrons. The second-order valence-corrected chi connectivity index (χ2v) is 8.01. The van der Waals surface area contributed by atoms with Gasteiger partial charge in [-0.15, -0.1) is 10.2 Å². The first-order valence-electron chi connectivity index (χ1n) is 7.51. The Labute approximate surface area is 154 Å². The molecule has 0 aliphatic carbocycles. The lowest BCUT2D eigenvalue weighted by atomic mass is 10.1. The van der Waals surface area contributed by atoms with Gasteiger partial charge < -0.3 is 4.74 Å². The van der Waals surface area contributed by atoms with Crippen molar-refractivity contribution in [2.45, 2.75) is 11.8 Å². The van der Waals surface area contributed by atoms with Crippen LogP contribution in [0.2, 0.25) is 0 Å². The fourth-order valence-electron chi connectivity index (χ4n) is 2.23. The zero-order valence-corrected chi connectivity index (χ0v) is 15.6. The lowest BCUT2D eigenvalue weighted by Crippen LogP contribution is -2.14. The summed E-state index contributed by atoms with van der Waals surface area (Å²) in [6, 6.07) is 13.6. The summed E-state index contributed by atoms with van der Waals surface area (Å²) >= 11 is 1.12. The van der Waals surface area contributed by atoms with Gasteiger partial charge in [-0.2, -0.15) is 0 Å². The molecule has 3 rings (SSSR count). The number of hydrogen-bond donors (Lipinski definition) is 1. The van der Waals surface area contributed by atoms with Gasteiger partial charge in [0.2, 0.25) is 5.13 Å². The zero-order chi connectivity index (χ0) is 18.7. The van der Waals surface area contributed by atoms with Crippen LogP contribution in [0.5, 0.6) is 0 Å². The van der Waals surface area contributed by atoms with Crippen LogP contribution < -0.4 is 4.72 Å². The van der Waals surface area contributed by atoms with Crippen molar-refractivity contribution < 1.29 is 17.9 Å². The van der Waals surface area contributed by atoms with Gasteiger partial charge in [-0.05, 0) is 24.6 Å². The van der Waals surface area contributed by atoms with Crippen LogP contribution in [0.4, 0.5) is 5.13 Å². The molecule has 134 valence electrons. The van der Waals surface area contributed by atoms with Crippen molar-refractivity contribution in [3.05, 3.63) is 59.7 Å². The lowest BCUT2D eigenvalue weighted by molar-refractivity contribution is 0.0599. The molecule has 0 unspecified atom stereocenters. The Balaban J connectivity index is 1.88. The molecule has 0 aliphatic rings. The maximum absolute atomic E-state index is 12.6. The Morgan fingerprint density at radius 3 is 2.54 bits per heavy atom. The minimum absolute atomic E-state index is 0.0556. The van der Waals surface area contributed by atoms with Crippen molar-refractivity contribution in [2.24, 2.45) is 0 Å². The Kier molecular flexibility index (Phi) is 5.01. The van der Waals surface area contributed by atoms with Crippen LogP contribution in [0.15, 0.2) is 53.4 Å². The molecule has 0 fully saturated rings. The van der Waals surface area contributed by atoms with E-state index in [4.69, 9.17) is 0 Å². The largest absolute Gasteiger partial charge is 0.465 e. The number of carbonyl (C=O) groups is 1. The van der Waals surface area contributed by atoms with Crippen LogP contribution in [-0.2, 0) is 14.8 Å². The normalized spacial score (nSPS) is 11.2. The average molecular weight is 389 g/mol. The van der Waals surface area contributed by atoms with Gasteiger partial charge in [0.25, 0.3) is 10.0 Å². The summed E-state index contributed by atoms with van der Waals surface area (Å²) < 4.78 is 32.3. The minimum Gasteiger partial charge on any atom is -0.465 e. The van der Waals surface area contributed by atoms with E-state index in [1.165, 1.54) is 19.2 Å². The molecule has 0 amide bonds. The van der Waals surface area contributed by atoms with E-state index in [1.54, 1.807) is 13.0 Å². The third kappa shape index (κ3) is 3.73. The van der Waals surface area contributed by atoms with Crippen molar-refractivity contribution >= 4 is 32.5 Å². The molecule has 0 bridgehead atoms. The predicted molar refractivity (Wildman–Crippen MR) is 98.7 cm³/mol. The number of carbonyl (C=O) groups excluding carboxylic acids is 1. The molecule has 3 aromatic rings. The van der Waals surface area contributed by atoms with E-state index in [-0.39, 0.29) is 15.6 Å². The molecule has 0 spiro atoms. The molecule has 0 aliphatic heterocycles. The first kappa shape index (κ1) is 18.0. The van der Waals surface area contributed by atoms with Crippen LogP contribution >= 0.6 is 11.3 Å². The Hall–Kier alpha value is -2.78. The van der Waals surface area contributed by atoms with E-state index < -0.39 is 16.0 Å². The molecule has 1 N–H and O–H groups in total. The van der Waals surface area contributed by atoms with E-state index in [9.17, 15) is 13.2 Å². The first-order chi connectivity index (χ1) is 12.4. The average Bonchev–Trinajstić information content (AvgIpc) is 3.09. The number of nitrogens with zero attached hydrogens (tertiary/aromatic N) is 2. The van der Waals surface area contributed by atoms with E-state index in [0.717, 1.165) is 16.9 Å². The number of rotatable bonds is 5. The van der Waals surface area contributed by atoms with Gasteiger partial charge in [-0.3, -0.25) is 4.72 Å². The number of esters is 1. The lowest BCUT2D eigenvalue weighted by Gasteiger charge is -2.08. The summed E-state index contributed by atoms with van der Waals surface area (Å²) in [4.78, 5) is 11.7. The topological polar surface area (TPSA) is 98.2 Å². The molecule has 0 saturated heterocycles. The SMILES string of the molecule is COC(=O)c1cc(S(=O)(=O)Nc2nnc(-c3ccccc3)s2)ccc1C. The highest BCUT2D eigenvalue weighted by atomic mass is 32.2. The summed E-state index contributed by atoms with van der Waals surface area (Å²) in [6.07, 6.45) is 0. The van der Waals surface area contributed by atoms with Gasteiger partial charge in [0.15, 0.2) is 0 Å². The van der Waals surface area contributed by atoms with Crippen LogP contribution in [0, 0.1) is 6.92 Å². The monoisotopic (exact) mass is 389 g/mol. The second kappa shape index (κ2) is 7.22. The number of aryl methyl sites for hydroxylation is 1. The van der Waals surface area contributed by atoms with Crippen molar-refractivity contribution in [1.29, 1.82) is 0 Å². The molecule has 0 atom stereocenters. The third-order valence-corrected chi connectivity index (χ3v) is 5.95. The summed E-state index contributed by atoms with van der Waals surface area (Å²) in [6.45, 7) is 1.70. The number of methoxy groups -OCH3 is 1. The molecule has 0 saturated carbocycles. The molecular formula is C17H15N3O4S2. The molecule has 2 aromatic carbocycles. The van der Waals surface area contributed by atoms with Crippen molar-refractivity contribution in [3.8, 4) is 10.6 Å². The third-order valence-electron chi connectivity index (χ3n) is 3.59. The zero-order valence-electron chi connectivity index (χ0n) is 14.0. The van der Waals surface area contributed by atoms with E-state index >= 15 is 0 Å². The van der Waals surface area contributed by atoms with E-state index in [1.807, 2.05) is 30.3 Å². The van der Waals surface area contributed by atoms with E-state index in [0.29, 0.717) is 10.6 Å². The van der Waals surface area contributed by atoms with Crippen LogP contribution in [-0.4, -0.2) is 31.7 Å². The number of hydrogen-bond acceptors (Lipinski definition) is 7. The van der Waals surface area contributed by atoms with Crippen LogP contribution in [0.1, 0.15) is 15.9 Å². The molecule has 26 heavy (non-hydrogen) atoms. The first-order valence-corrected chi connectivity index (χ1v) is 9.81. The Morgan fingerprint density at radius 2 is 1.85 bits per heavy atom. The van der Waals surface area contributed by atoms with Gasteiger partial charge in [-0.1, -0.05) is 47.7 Å². The Bertz CT molecular complexity index is 1050. The van der Waals surface area contributed by atoms with Gasteiger partial charge in [0.05, 0.1) is 17.6 Å². The highest BCUT2D eigenvalue weighted by Crippen LogP contribution is 2.28. The number of nitrogens with one attached hydrogen (secondary N) is 1. The predicted octanol–water partition coefficient (Wildman–Crippen LogP) is 3.10. The maximum Gasteiger partial charge on any atom is 0.338 e. The van der Waals surface area contributed by atoms with Gasteiger partial charge in [0.1, 0.15) is 5.01 Å². The molecule has 9 heteroatoms. The Morgan fingerprint density at radius 1 is 1.12 bits per heavy atom. The fourth-order valence-corrected chi connectivity index (χ4v) is 4.24. The minimum atomic E-state index is -3.91. The van der Waals surface area contributed by atoms with Gasteiger partial charge in [-0.25, -0.2) is 13.2 Å². The molecule has 1 aromatic heterocycles. The number of ether oxygens (including phenoxy) is 1. The molecule has 7 nitrogen and oxygen atoms in total. The summed E-state index contributed by atoms with van der Waals surface area (Å²) in [7, 11) is -2.67. The standard InChI is InChI=1S/C17H15N3O4S2/c1-11-8-9-13(10-14(11)16(21)24-2)26(22,23)20-17-19-18-15(25-17)12-6-4-3-5-7-12/h3-10H,1-2H3,(H,19,20). The van der Waals surface area contributed by atoms with Crippen LogP contribution in [0.3, 0.4) is 0 Å². The number of benzene rings is 2. The highest BCUT2D eigenvalue weighted by Gasteiger charge is 2.20. The molecular weight excluding hydrogens is 374 g/mol. The highest BCUT2D eigenvalue weighted by molar-refractivity contribution is 7.93. The summed E-state index contributed by atoms with van der Waals surface area (Å²) in [5, 5.41) is 8.63. The van der Waals surface area contributed by atoms with Crippen molar-refractivity contribution in [3.63, 3.8) is 0 Å². The van der Waals surface area contributed by atoms with Crippen molar-refractivity contribution in [2.75, 3.05) is 11.8 Å². The molecule has 1 heterocycles. The number of sulfonamides is 1. The van der Waals surface area contributed by atoms with E-state index in [2.05, 4.69) is 19.7 Å². The summed E-state index contributed by atoms with van der Waals surface area (Å²) in [5.74, 6) is -0.596. The summed E-state index contributed by atoms with van der Waals surface area (Å²) in [5.41, 5.74) is 1.66. The van der Waals surface area contributed by atoms with Crippen LogP contribution in [0.25, 0.3) is 10.6 Å². The quantitative estimate of drug-likeness (QED) is 0.673. The number of anilines is 1.